The molecular weight excluding hydrogens is 230 g/mol. The van der Waals surface area contributed by atoms with Crippen LogP contribution in [0.4, 0.5) is 0 Å². The Labute approximate surface area is 114 Å². The van der Waals surface area contributed by atoms with Gasteiger partial charge in [-0.2, -0.15) is 0 Å². The fourth-order valence-electron chi connectivity index (χ4n) is 1.43. The lowest BCUT2D eigenvalue weighted by atomic mass is 10.0. The van der Waals surface area contributed by atoms with E-state index in [1.165, 1.54) is 19.1 Å². The van der Waals surface area contributed by atoms with Crippen LogP contribution in [0.1, 0.15) is 25.8 Å². The van der Waals surface area contributed by atoms with E-state index < -0.39 is 32.0 Å². The number of rotatable bonds is 7. The molecule has 98 valence electrons. The monoisotopic (exact) mass is 254 g/mol. The van der Waals surface area contributed by atoms with Crippen molar-refractivity contribution in [3.8, 4) is 0 Å². The van der Waals surface area contributed by atoms with E-state index in [0.717, 1.165) is 0 Å². The molecule has 1 N–H and O–H groups in total. The van der Waals surface area contributed by atoms with Gasteiger partial charge in [-0.15, -0.1) is 0 Å². The first-order valence-corrected chi connectivity index (χ1v) is 5.52. The standard InChI is InChI=1S/C14H19NO3/c1-11(16)8-13(10-18-2)14(17)15-9-12-6-4-3-5-7-12/h3-7,13H,8-10H2,1-2H3,(H,15,17)/i2D3,9D2. The molecule has 1 rings (SSSR count). The second kappa shape index (κ2) is 7.61. The van der Waals surface area contributed by atoms with Crippen LogP contribution in [0.2, 0.25) is 0 Å². The maximum Gasteiger partial charge on any atom is 0.226 e. The van der Waals surface area contributed by atoms with Crippen molar-refractivity contribution in [2.45, 2.75) is 19.8 Å². The quantitative estimate of drug-likeness (QED) is 0.803. The van der Waals surface area contributed by atoms with E-state index >= 15 is 0 Å². The summed E-state index contributed by atoms with van der Waals surface area (Å²) in [7, 11) is -2.69. The van der Waals surface area contributed by atoms with E-state index in [1.54, 1.807) is 18.2 Å². The molecule has 1 aromatic carbocycles. The highest BCUT2D eigenvalue weighted by atomic mass is 16.5. The molecule has 0 aliphatic rings. The summed E-state index contributed by atoms with van der Waals surface area (Å²) in [6, 6.07) is 8.00. The average molecular weight is 254 g/mol. The number of hydrogen-bond donors (Lipinski definition) is 1. The van der Waals surface area contributed by atoms with Gasteiger partial charge in [-0.05, 0) is 12.5 Å². The fourth-order valence-corrected chi connectivity index (χ4v) is 1.43. The zero-order valence-corrected chi connectivity index (χ0v) is 10.1. The first kappa shape index (κ1) is 8.43. The Balaban J connectivity index is 2.81. The van der Waals surface area contributed by atoms with Crippen molar-refractivity contribution in [3.05, 3.63) is 35.9 Å². The molecule has 4 heteroatoms. The first-order valence-electron chi connectivity index (χ1n) is 8.02. The molecule has 0 aliphatic heterocycles. The van der Waals surface area contributed by atoms with E-state index in [4.69, 9.17) is 6.85 Å². The molecule has 0 aromatic heterocycles. The highest BCUT2D eigenvalue weighted by molar-refractivity contribution is 5.85. The van der Waals surface area contributed by atoms with Crippen molar-refractivity contribution in [2.24, 2.45) is 5.92 Å². The molecule has 1 amide bonds. The summed E-state index contributed by atoms with van der Waals surface area (Å²) in [5, 5.41) is 2.19. The highest BCUT2D eigenvalue weighted by Crippen LogP contribution is 2.06. The molecule has 0 bridgehead atoms. The second-order valence-electron chi connectivity index (χ2n) is 3.89. The van der Waals surface area contributed by atoms with Gasteiger partial charge >= 0.3 is 0 Å². The van der Waals surface area contributed by atoms with Crippen LogP contribution in [0.3, 0.4) is 0 Å². The summed E-state index contributed by atoms with van der Waals surface area (Å²) < 4.78 is 41.4. The zero-order valence-electron chi connectivity index (χ0n) is 15.1. The molecular formula is C14H19NO3. The summed E-state index contributed by atoms with van der Waals surface area (Å²) >= 11 is 0. The predicted molar refractivity (Wildman–Crippen MR) is 69.0 cm³/mol. The first-order chi connectivity index (χ1) is 10.5. The minimum atomic E-state index is -2.69. The molecule has 0 fully saturated rings. The number of Topliss-reactive ketones (excluding diaryl/α,β-unsaturated/α-hetero) is 1. The molecule has 18 heavy (non-hydrogen) atoms. The van der Waals surface area contributed by atoms with Crippen molar-refractivity contribution in [1.82, 2.24) is 5.32 Å². The maximum atomic E-state index is 12.2. The van der Waals surface area contributed by atoms with Crippen LogP contribution >= 0.6 is 0 Å². The number of carbonyl (C=O) groups excluding carboxylic acids is 2. The molecule has 0 aliphatic carbocycles. The van der Waals surface area contributed by atoms with Crippen LogP contribution in [0.25, 0.3) is 0 Å². The SMILES string of the molecule is [2H]C([2H])([2H])OCC(CC(C)=O)C(=O)NC([2H])([2H])c1ccccc1. The number of methoxy groups -OCH3 is 1. The van der Waals surface area contributed by atoms with Crippen molar-refractivity contribution < 1.29 is 21.2 Å². The lowest BCUT2D eigenvalue weighted by molar-refractivity contribution is -0.130. The van der Waals surface area contributed by atoms with E-state index in [1.807, 2.05) is 0 Å². The largest absolute Gasteiger partial charge is 0.384 e. The summed E-state index contributed by atoms with van der Waals surface area (Å²) in [4.78, 5) is 23.5. The third-order valence-electron chi connectivity index (χ3n) is 2.29. The van der Waals surface area contributed by atoms with Crippen LogP contribution in [-0.4, -0.2) is 25.3 Å². The van der Waals surface area contributed by atoms with Crippen LogP contribution in [0.15, 0.2) is 30.3 Å². The van der Waals surface area contributed by atoms with Crippen molar-refractivity contribution in [1.29, 1.82) is 0 Å². The van der Waals surface area contributed by atoms with Gasteiger partial charge in [0.2, 0.25) is 5.91 Å². The van der Waals surface area contributed by atoms with E-state index in [0.29, 0.717) is 0 Å². The number of hydrogen-bond acceptors (Lipinski definition) is 3. The van der Waals surface area contributed by atoms with E-state index in [-0.39, 0.29) is 17.8 Å². The Morgan fingerprint density at radius 3 is 2.78 bits per heavy atom. The minimum absolute atomic E-state index is 0.229. The minimum Gasteiger partial charge on any atom is -0.384 e. The maximum absolute atomic E-state index is 12.2. The third-order valence-corrected chi connectivity index (χ3v) is 2.29. The molecule has 0 saturated heterocycles. The Morgan fingerprint density at radius 1 is 1.44 bits per heavy atom. The van der Waals surface area contributed by atoms with Crippen molar-refractivity contribution in [2.75, 3.05) is 13.6 Å². The molecule has 1 atom stereocenters. The van der Waals surface area contributed by atoms with Crippen LogP contribution < -0.4 is 5.32 Å². The summed E-state index contributed by atoms with van der Waals surface area (Å²) in [6.07, 6.45) is -0.229. The van der Waals surface area contributed by atoms with Gasteiger partial charge in [-0.3, -0.25) is 4.79 Å². The van der Waals surface area contributed by atoms with Gasteiger partial charge in [0.15, 0.2) is 0 Å². The summed E-state index contributed by atoms with van der Waals surface area (Å²) in [6.45, 7) is -1.37. The predicted octanol–water partition coefficient (Wildman–Crippen LogP) is 1.54. The molecule has 0 heterocycles. The topological polar surface area (TPSA) is 55.4 Å². The van der Waals surface area contributed by atoms with Crippen LogP contribution in [0, 0.1) is 5.92 Å². The smallest absolute Gasteiger partial charge is 0.226 e. The molecule has 1 aromatic rings. The molecule has 0 saturated carbocycles. The molecule has 0 radical (unpaired) electrons. The average Bonchev–Trinajstić information content (AvgIpc) is 2.42. The van der Waals surface area contributed by atoms with E-state index in [9.17, 15) is 9.59 Å². The Kier molecular flexibility index (Phi) is 3.56. The Hall–Kier alpha value is -1.68. The van der Waals surface area contributed by atoms with Crippen molar-refractivity contribution in [3.63, 3.8) is 0 Å². The Bertz CT molecular complexity index is 545. The van der Waals surface area contributed by atoms with Gasteiger partial charge in [0.25, 0.3) is 0 Å². The van der Waals surface area contributed by atoms with Crippen molar-refractivity contribution >= 4 is 11.7 Å². The molecule has 1 unspecified atom stereocenters. The normalized spacial score (nSPS) is 17.5. The van der Waals surface area contributed by atoms with Gasteiger partial charge in [0.1, 0.15) is 5.78 Å². The van der Waals surface area contributed by atoms with Gasteiger partial charge in [0.05, 0.1) is 19.4 Å². The highest BCUT2D eigenvalue weighted by Gasteiger charge is 2.19. The number of nitrogens with one attached hydrogen (secondary N) is 1. The number of benzene rings is 1. The summed E-state index contributed by atoms with van der Waals surface area (Å²) in [5.74, 6) is -2.18. The lowest BCUT2D eigenvalue weighted by Gasteiger charge is -2.14. The van der Waals surface area contributed by atoms with Gasteiger partial charge in [-0.25, -0.2) is 0 Å². The van der Waals surface area contributed by atoms with Gasteiger partial charge in [-0.1, -0.05) is 30.3 Å². The van der Waals surface area contributed by atoms with E-state index in [2.05, 4.69) is 10.1 Å². The number of ketones is 1. The number of carbonyl (C=O) groups is 2. The van der Waals surface area contributed by atoms with Crippen LogP contribution in [-0.2, 0) is 20.8 Å². The lowest BCUT2D eigenvalue weighted by Crippen LogP contribution is -2.33. The number of ether oxygens (including phenoxy) is 1. The molecule has 0 spiro atoms. The van der Waals surface area contributed by atoms with Crippen LogP contribution in [0.5, 0.6) is 0 Å². The van der Waals surface area contributed by atoms with Gasteiger partial charge in [0, 0.05) is 20.0 Å². The van der Waals surface area contributed by atoms with Gasteiger partial charge < -0.3 is 14.8 Å². The summed E-state index contributed by atoms with van der Waals surface area (Å²) in [5.41, 5.74) is 0.242. The molecule has 4 nitrogen and oxygen atoms in total. The zero-order chi connectivity index (χ0) is 17.7. The number of amides is 1. The fraction of sp³-hybridized carbons (Fsp3) is 0.429. The Morgan fingerprint density at radius 2 is 2.17 bits per heavy atom. The third kappa shape index (κ3) is 5.10. The second-order valence-corrected chi connectivity index (χ2v) is 3.89.